The third-order valence-electron chi connectivity index (χ3n) is 3.14. The van der Waals surface area contributed by atoms with Crippen molar-refractivity contribution in [3.05, 3.63) is 38.0 Å². The van der Waals surface area contributed by atoms with Crippen LogP contribution in [0.15, 0.2) is 22.5 Å². The first-order chi connectivity index (χ1) is 10.7. The zero-order valence-corrected chi connectivity index (χ0v) is 15.1. The average molecular weight is 337 g/mol. The van der Waals surface area contributed by atoms with E-state index in [-0.39, 0.29) is 0 Å². The SMILES string of the molecule is CCNC(=NCc1csc(CC)n1)NCc1ccc(CC)s1. The van der Waals surface area contributed by atoms with E-state index in [4.69, 9.17) is 0 Å². The molecule has 0 unspecified atom stereocenters. The van der Waals surface area contributed by atoms with Crippen LogP contribution >= 0.6 is 22.7 Å². The van der Waals surface area contributed by atoms with Crippen LogP contribution in [0, 0.1) is 0 Å². The molecule has 0 amide bonds. The highest BCUT2D eigenvalue weighted by Crippen LogP contribution is 2.16. The number of aliphatic imine (C=N–C) groups is 1. The molecule has 0 bridgehead atoms. The molecule has 0 saturated carbocycles. The van der Waals surface area contributed by atoms with Crippen LogP contribution < -0.4 is 10.6 Å². The van der Waals surface area contributed by atoms with Crippen molar-refractivity contribution in [2.24, 2.45) is 4.99 Å². The Kier molecular flexibility index (Phi) is 6.86. The lowest BCUT2D eigenvalue weighted by Crippen LogP contribution is -2.36. The fourth-order valence-electron chi connectivity index (χ4n) is 1.96. The van der Waals surface area contributed by atoms with E-state index in [2.05, 4.69) is 58.9 Å². The Bertz CT molecular complexity index is 601. The van der Waals surface area contributed by atoms with Gasteiger partial charge >= 0.3 is 0 Å². The monoisotopic (exact) mass is 336 g/mol. The van der Waals surface area contributed by atoms with Gasteiger partial charge in [-0.05, 0) is 31.9 Å². The van der Waals surface area contributed by atoms with Gasteiger partial charge in [0.2, 0.25) is 0 Å². The number of guanidine groups is 1. The highest BCUT2D eigenvalue weighted by atomic mass is 32.1. The van der Waals surface area contributed by atoms with Gasteiger partial charge in [0.05, 0.1) is 23.8 Å². The molecule has 0 aliphatic rings. The lowest BCUT2D eigenvalue weighted by molar-refractivity contribution is 0.819. The average Bonchev–Trinajstić information content (AvgIpc) is 3.18. The molecular formula is C16H24N4S2. The van der Waals surface area contributed by atoms with E-state index in [1.165, 1.54) is 14.8 Å². The van der Waals surface area contributed by atoms with Gasteiger partial charge < -0.3 is 10.6 Å². The van der Waals surface area contributed by atoms with Crippen molar-refractivity contribution in [2.75, 3.05) is 6.54 Å². The Morgan fingerprint density at radius 2 is 1.95 bits per heavy atom. The van der Waals surface area contributed by atoms with E-state index in [0.29, 0.717) is 6.54 Å². The number of thiazole rings is 1. The Hall–Kier alpha value is -1.40. The molecule has 120 valence electrons. The second kappa shape index (κ2) is 8.90. The number of thiophene rings is 1. The van der Waals surface area contributed by atoms with Gasteiger partial charge in [0.15, 0.2) is 5.96 Å². The van der Waals surface area contributed by atoms with Crippen molar-refractivity contribution in [1.29, 1.82) is 0 Å². The molecule has 0 aromatic carbocycles. The topological polar surface area (TPSA) is 49.3 Å². The summed E-state index contributed by atoms with van der Waals surface area (Å²) in [6, 6.07) is 4.39. The molecular weight excluding hydrogens is 312 g/mol. The standard InChI is InChI=1S/C16H24N4S2/c1-4-13-7-8-14(22-13)10-19-16(17-6-3)18-9-12-11-21-15(5-2)20-12/h7-8,11H,4-6,9-10H2,1-3H3,(H2,17,18,19). The van der Waals surface area contributed by atoms with Gasteiger partial charge in [-0.15, -0.1) is 22.7 Å². The van der Waals surface area contributed by atoms with Gasteiger partial charge in [0.25, 0.3) is 0 Å². The Morgan fingerprint density at radius 1 is 1.14 bits per heavy atom. The molecule has 0 spiro atoms. The Labute approximate surface area is 140 Å². The molecule has 0 atom stereocenters. The van der Waals surface area contributed by atoms with Crippen LogP contribution in [0.4, 0.5) is 0 Å². The molecule has 2 N–H and O–H groups in total. The van der Waals surface area contributed by atoms with Crippen molar-refractivity contribution >= 4 is 28.6 Å². The zero-order chi connectivity index (χ0) is 15.8. The molecule has 2 aromatic heterocycles. The van der Waals surface area contributed by atoms with Crippen LogP contribution in [0.2, 0.25) is 0 Å². The van der Waals surface area contributed by atoms with Crippen LogP contribution in [0.25, 0.3) is 0 Å². The van der Waals surface area contributed by atoms with Crippen molar-refractivity contribution in [3.8, 4) is 0 Å². The van der Waals surface area contributed by atoms with Crippen LogP contribution in [-0.2, 0) is 25.9 Å². The number of aromatic nitrogens is 1. The Morgan fingerprint density at radius 3 is 2.59 bits per heavy atom. The first-order valence-corrected chi connectivity index (χ1v) is 9.47. The largest absolute Gasteiger partial charge is 0.357 e. The fraction of sp³-hybridized carbons (Fsp3) is 0.500. The van der Waals surface area contributed by atoms with Crippen molar-refractivity contribution in [3.63, 3.8) is 0 Å². The summed E-state index contributed by atoms with van der Waals surface area (Å²) in [5.74, 6) is 0.847. The summed E-state index contributed by atoms with van der Waals surface area (Å²) in [5.41, 5.74) is 1.04. The maximum atomic E-state index is 4.62. The number of nitrogens with one attached hydrogen (secondary N) is 2. The molecule has 2 rings (SSSR count). The number of aryl methyl sites for hydroxylation is 2. The number of hydrogen-bond acceptors (Lipinski definition) is 4. The molecule has 2 heterocycles. The van der Waals surface area contributed by atoms with E-state index < -0.39 is 0 Å². The van der Waals surface area contributed by atoms with E-state index in [1.807, 2.05) is 11.3 Å². The quantitative estimate of drug-likeness (QED) is 0.600. The Balaban J connectivity index is 1.91. The molecule has 6 heteroatoms. The predicted octanol–water partition coefficient (Wildman–Crippen LogP) is 3.58. The number of rotatable bonds is 7. The van der Waals surface area contributed by atoms with Gasteiger partial charge in [-0.1, -0.05) is 13.8 Å². The molecule has 0 aliphatic carbocycles. The van der Waals surface area contributed by atoms with Gasteiger partial charge in [-0.2, -0.15) is 0 Å². The third kappa shape index (κ3) is 5.10. The van der Waals surface area contributed by atoms with Crippen molar-refractivity contribution in [1.82, 2.24) is 15.6 Å². The minimum atomic E-state index is 0.622. The molecule has 0 radical (unpaired) electrons. The zero-order valence-electron chi connectivity index (χ0n) is 13.5. The van der Waals surface area contributed by atoms with Crippen molar-refractivity contribution < 1.29 is 0 Å². The van der Waals surface area contributed by atoms with Crippen LogP contribution in [0.5, 0.6) is 0 Å². The summed E-state index contributed by atoms with van der Waals surface area (Å²) in [6.45, 7) is 8.68. The second-order valence-electron chi connectivity index (χ2n) is 4.86. The van der Waals surface area contributed by atoms with Gasteiger partial charge in [0, 0.05) is 21.7 Å². The summed E-state index contributed by atoms with van der Waals surface area (Å²) in [5, 5.41) is 9.94. The van der Waals surface area contributed by atoms with Gasteiger partial charge in [-0.25, -0.2) is 9.98 Å². The fourth-order valence-corrected chi connectivity index (χ4v) is 3.60. The molecule has 0 fully saturated rings. The minimum Gasteiger partial charge on any atom is -0.357 e. The van der Waals surface area contributed by atoms with E-state index in [0.717, 1.165) is 37.6 Å². The summed E-state index contributed by atoms with van der Waals surface area (Å²) in [7, 11) is 0. The molecule has 0 aliphatic heterocycles. The number of nitrogens with zero attached hydrogens (tertiary/aromatic N) is 2. The van der Waals surface area contributed by atoms with Gasteiger partial charge in [0.1, 0.15) is 0 Å². The predicted molar refractivity (Wildman–Crippen MR) is 96.8 cm³/mol. The first-order valence-electron chi connectivity index (χ1n) is 7.78. The van der Waals surface area contributed by atoms with Crippen LogP contribution in [0.3, 0.4) is 0 Å². The lowest BCUT2D eigenvalue weighted by atomic mass is 10.3. The second-order valence-corrected chi connectivity index (χ2v) is 7.05. The maximum Gasteiger partial charge on any atom is 0.191 e. The molecule has 0 saturated heterocycles. The highest BCUT2D eigenvalue weighted by Gasteiger charge is 2.03. The third-order valence-corrected chi connectivity index (χ3v) is 5.41. The summed E-state index contributed by atoms with van der Waals surface area (Å²) < 4.78 is 0. The maximum absolute atomic E-state index is 4.62. The molecule has 22 heavy (non-hydrogen) atoms. The highest BCUT2D eigenvalue weighted by molar-refractivity contribution is 7.12. The lowest BCUT2D eigenvalue weighted by Gasteiger charge is -2.10. The van der Waals surface area contributed by atoms with E-state index in [1.54, 1.807) is 11.3 Å². The normalized spacial score (nSPS) is 11.7. The summed E-state index contributed by atoms with van der Waals surface area (Å²) in [4.78, 5) is 11.9. The van der Waals surface area contributed by atoms with Crippen molar-refractivity contribution in [2.45, 2.75) is 46.7 Å². The summed E-state index contributed by atoms with van der Waals surface area (Å²) >= 11 is 3.57. The van der Waals surface area contributed by atoms with Gasteiger partial charge in [-0.3, -0.25) is 0 Å². The van der Waals surface area contributed by atoms with E-state index >= 15 is 0 Å². The minimum absolute atomic E-state index is 0.622. The number of hydrogen-bond donors (Lipinski definition) is 2. The molecule has 4 nitrogen and oxygen atoms in total. The first kappa shape index (κ1) is 17.0. The van der Waals surface area contributed by atoms with E-state index in [9.17, 15) is 0 Å². The molecule has 2 aromatic rings. The smallest absolute Gasteiger partial charge is 0.191 e. The van der Waals surface area contributed by atoms with Crippen LogP contribution in [-0.4, -0.2) is 17.5 Å². The summed E-state index contributed by atoms with van der Waals surface area (Å²) in [6.07, 6.45) is 2.09. The van der Waals surface area contributed by atoms with Crippen LogP contribution in [0.1, 0.15) is 41.2 Å².